The lowest BCUT2D eigenvalue weighted by Gasteiger charge is -2.11. The Labute approximate surface area is 65.7 Å². The van der Waals surface area contributed by atoms with Crippen molar-refractivity contribution in [3.05, 3.63) is 0 Å². The molecule has 0 aromatic rings. The van der Waals surface area contributed by atoms with Crippen LogP contribution in [0.4, 0.5) is 0 Å². The largest absolute Gasteiger partial charge is 0.421 e. The molecule has 0 aliphatic carbocycles. The highest BCUT2D eigenvalue weighted by Crippen LogP contribution is 2.48. The summed E-state index contributed by atoms with van der Waals surface area (Å²) < 4.78 is 15.0. The third-order valence-corrected chi connectivity index (χ3v) is 1.86. The fourth-order valence-corrected chi connectivity index (χ4v) is 1.64. The molecule has 0 fully saturated rings. The van der Waals surface area contributed by atoms with Gasteiger partial charge in [-0.2, -0.15) is 0 Å². The molecule has 62 valence electrons. The summed E-state index contributed by atoms with van der Waals surface area (Å²) in [7, 11) is 0. The molecule has 0 aliphatic rings. The van der Waals surface area contributed by atoms with E-state index < -0.39 is 6.95 Å². The van der Waals surface area contributed by atoms with Gasteiger partial charge in [-0.1, -0.05) is 13.3 Å². The molecule has 0 aromatic carbocycles. The molecule has 0 bridgehead atoms. The van der Waals surface area contributed by atoms with Crippen LogP contribution < -0.4 is 0 Å². The van der Waals surface area contributed by atoms with Gasteiger partial charge in [-0.3, -0.25) is 4.52 Å². The molecule has 1 N–H and O–H groups in total. The molecule has 0 aromatic heterocycles. The molecular weight excluding hydrogens is 174 g/mol. The average Bonchev–Trinajstić information content (AvgIpc) is 1.59. The number of hydrogen-bond acceptors (Lipinski definition) is 2. The first-order chi connectivity index (χ1) is 4.45. The van der Waals surface area contributed by atoms with E-state index in [1.165, 1.54) is 0 Å². The van der Waals surface area contributed by atoms with Crippen molar-refractivity contribution in [2.45, 2.75) is 32.8 Å². The normalized spacial score (nSPS) is 20.0. The maximum atomic E-state index is 10.4. The molecule has 0 heterocycles. The van der Waals surface area contributed by atoms with Crippen molar-refractivity contribution < 1.29 is 14.0 Å². The van der Waals surface area contributed by atoms with E-state index in [9.17, 15) is 4.57 Å². The lowest BCUT2D eigenvalue weighted by molar-refractivity contribution is 0.190. The quantitative estimate of drug-likeness (QED) is 0.687. The van der Waals surface area contributed by atoms with E-state index >= 15 is 0 Å². The van der Waals surface area contributed by atoms with E-state index in [4.69, 9.17) is 16.1 Å². The van der Waals surface area contributed by atoms with Gasteiger partial charge in [0.05, 0.1) is 6.10 Å². The highest BCUT2D eigenvalue weighted by atomic mass is 35.7. The van der Waals surface area contributed by atoms with Gasteiger partial charge in [-0.25, -0.2) is 4.57 Å². The van der Waals surface area contributed by atoms with Gasteiger partial charge in [-0.05, 0) is 13.3 Å². The second-order valence-corrected chi connectivity index (χ2v) is 4.55. The maximum Gasteiger partial charge on any atom is 0.421 e. The van der Waals surface area contributed by atoms with Crippen molar-refractivity contribution in [2.24, 2.45) is 0 Å². The van der Waals surface area contributed by atoms with Crippen molar-refractivity contribution in [2.75, 3.05) is 0 Å². The van der Waals surface area contributed by atoms with Crippen LogP contribution in [0.15, 0.2) is 0 Å². The van der Waals surface area contributed by atoms with Crippen LogP contribution in [-0.2, 0) is 9.09 Å². The fraction of sp³-hybridized carbons (Fsp3) is 1.00. The van der Waals surface area contributed by atoms with Crippen LogP contribution in [0.25, 0.3) is 0 Å². The van der Waals surface area contributed by atoms with Gasteiger partial charge in [0.15, 0.2) is 0 Å². The minimum Gasteiger partial charge on any atom is -0.313 e. The number of hydrogen-bond donors (Lipinski definition) is 1. The highest BCUT2D eigenvalue weighted by molar-refractivity contribution is 7.80. The topological polar surface area (TPSA) is 46.5 Å². The predicted octanol–water partition coefficient (Wildman–Crippen LogP) is 2.53. The summed E-state index contributed by atoms with van der Waals surface area (Å²) in [4.78, 5) is 8.51. The van der Waals surface area contributed by atoms with E-state index in [-0.39, 0.29) is 6.10 Å². The molecule has 0 rings (SSSR count). The molecule has 3 nitrogen and oxygen atoms in total. The molecule has 10 heavy (non-hydrogen) atoms. The van der Waals surface area contributed by atoms with E-state index in [1.54, 1.807) is 6.92 Å². The molecular formula is C5H12ClO3P. The summed E-state index contributed by atoms with van der Waals surface area (Å²) in [5.41, 5.74) is 0. The molecule has 0 amide bonds. The minimum atomic E-state index is -3.78. The number of halogens is 1. The Hall–Kier alpha value is 0.440. The van der Waals surface area contributed by atoms with Crippen molar-refractivity contribution in [3.63, 3.8) is 0 Å². The van der Waals surface area contributed by atoms with Crippen molar-refractivity contribution in [3.8, 4) is 0 Å². The van der Waals surface area contributed by atoms with E-state index in [1.807, 2.05) is 6.92 Å². The molecule has 0 saturated carbocycles. The summed E-state index contributed by atoms with van der Waals surface area (Å²) in [6.45, 7) is -0.0937. The molecule has 0 saturated heterocycles. The number of rotatable bonds is 4. The van der Waals surface area contributed by atoms with Crippen LogP contribution in [0.1, 0.15) is 26.7 Å². The Morgan fingerprint density at radius 1 is 1.80 bits per heavy atom. The molecule has 2 unspecified atom stereocenters. The van der Waals surface area contributed by atoms with Gasteiger partial charge in [0.2, 0.25) is 0 Å². The Morgan fingerprint density at radius 2 is 2.30 bits per heavy atom. The second-order valence-electron chi connectivity index (χ2n) is 2.16. The Morgan fingerprint density at radius 3 is 2.60 bits per heavy atom. The standard InChI is InChI=1S/C5H12ClO3P/c1-3-4-5(2)9-10(6,7)8/h5H,3-4H2,1-2H3,(H,7,8). The molecule has 5 heteroatoms. The second kappa shape index (κ2) is 4.35. The average molecular weight is 187 g/mol. The fourth-order valence-electron chi connectivity index (χ4n) is 0.681. The van der Waals surface area contributed by atoms with Gasteiger partial charge in [0.25, 0.3) is 0 Å². The van der Waals surface area contributed by atoms with Crippen LogP contribution in [0, 0.1) is 0 Å². The van der Waals surface area contributed by atoms with Gasteiger partial charge < -0.3 is 4.89 Å². The van der Waals surface area contributed by atoms with Gasteiger partial charge in [0, 0.05) is 11.2 Å². The van der Waals surface area contributed by atoms with Crippen LogP contribution in [0.2, 0.25) is 0 Å². The Balaban J connectivity index is 3.58. The van der Waals surface area contributed by atoms with Crippen LogP contribution >= 0.6 is 18.2 Å². The summed E-state index contributed by atoms with van der Waals surface area (Å²) in [5, 5.41) is 0. The van der Waals surface area contributed by atoms with Crippen LogP contribution in [-0.4, -0.2) is 11.0 Å². The molecule has 0 aliphatic heterocycles. The Bertz CT molecular complexity index is 133. The predicted molar refractivity (Wildman–Crippen MR) is 41.1 cm³/mol. The lowest BCUT2D eigenvalue weighted by atomic mass is 10.2. The highest BCUT2D eigenvalue weighted by Gasteiger charge is 2.17. The van der Waals surface area contributed by atoms with Crippen molar-refractivity contribution in [1.82, 2.24) is 0 Å². The maximum absolute atomic E-state index is 10.4. The third-order valence-electron chi connectivity index (χ3n) is 1.01. The summed E-state index contributed by atoms with van der Waals surface area (Å²) in [6.07, 6.45) is 1.42. The van der Waals surface area contributed by atoms with Crippen molar-refractivity contribution >= 4 is 18.2 Å². The first-order valence-corrected chi connectivity index (χ1v) is 5.65. The lowest BCUT2D eigenvalue weighted by Crippen LogP contribution is -2.03. The van der Waals surface area contributed by atoms with E-state index in [2.05, 4.69) is 4.52 Å². The summed E-state index contributed by atoms with van der Waals surface area (Å²) in [5.74, 6) is 0. The zero-order valence-corrected chi connectivity index (χ0v) is 7.73. The summed E-state index contributed by atoms with van der Waals surface area (Å²) in [6, 6.07) is 0. The Kier molecular flexibility index (Phi) is 4.54. The molecule has 0 radical (unpaired) electrons. The van der Waals surface area contributed by atoms with Gasteiger partial charge in [0.1, 0.15) is 0 Å². The zero-order valence-electron chi connectivity index (χ0n) is 6.08. The zero-order chi connectivity index (χ0) is 8.20. The van der Waals surface area contributed by atoms with Crippen LogP contribution in [0.3, 0.4) is 0 Å². The van der Waals surface area contributed by atoms with E-state index in [0.29, 0.717) is 0 Å². The summed E-state index contributed by atoms with van der Waals surface area (Å²) >= 11 is 4.95. The minimum absolute atomic E-state index is 0.238. The molecule has 2 atom stereocenters. The van der Waals surface area contributed by atoms with Crippen molar-refractivity contribution in [1.29, 1.82) is 0 Å². The third kappa shape index (κ3) is 6.56. The SMILES string of the molecule is CCCC(C)OP(=O)(O)Cl. The van der Waals surface area contributed by atoms with Gasteiger partial charge in [-0.15, -0.1) is 0 Å². The van der Waals surface area contributed by atoms with E-state index in [0.717, 1.165) is 12.8 Å². The molecule has 0 spiro atoms. The first kappa shape index (κ1) is 10.4. The monoisotopic (exact) mass is 186 g/mol. The first-order valence-electron chi connectivity index (χ1n) is 3.16. The van der Waals surface area contributed by atoms with Gasteiger partial charge >= 0.3 is 6.95 Å². The smallest absolute Gasteiger partial charge is 0.313 e. The van der Waals surface area contributed by atoms with Crippen LogP contribution in [0.5, 0.6) is 0 Å².